The predicted octanol–water partition coefficient (Wildman–Crippen LogP) is 3.97. The second kappa shape index (κ2) is 5.49. The Hall–Kier alpha value is -2.14. The number of carbonyl (C=O) groups excluding carboxylic acids is 1. The van der Waals surface area contributed by atoms with Gasteiger partial charge in [0, 0.05) is 23.9 Å². The molecule has 0 saturated carbocycles. The Kier molecular flexibility index (Phi) is 3.45. The highest BCUT2D eigenvalue weighted by Gasteiger charge is 2.24. The summed E-state index contributed by atoms with van der Waals surface area (Å²) in [6.07, 6.45) is 3.37. The number of thiophene rings is 1. The molecular formula is C18H19N3OS. The van der Waals surface area contributed by atoms with Crippen LogP contribution in [0.25, 0.3) is 21.1 Å². The first kappa shape index (κ1) is 14.5. The summed E-state index contributed by atoms with van der Waals surface area (Å²) in [6, 6.07) is 8.17. The lowest BCUT2D eigenvalue weighted by atomic mass is 10.1. The fourth-order valence-corrected chi connectivity index (χ4v) is 4.32. The van der Waals surface area contributed by atoms with Crippen molar-refractivity contribution >= 4 is 44.1 Å². The number of piperidine rings is 1. The molecule has 2 aromatic heterocycles. The molecule has 4 nitrogen and oxygen atoms in total. The van der Waals surface area contributed by atoms with Gasteiger partial charge in [0.1, 0.15) is 9.71 Å². The molecule has 23 heavy (non-hydrogen) atoms. The molecule has 4 rings (SSSR count). The highest BCUT2D eigenvalue weighted by Crippen LogP contribution is 2.36. The van der Waals surface area contributed by atoms with Gasteiger partial charge in [-0.15, -0.1) is 11.3 Å². The summed E-state index contributed by atoms with van der Waals surface area (Å²) in [5.41, 5.74) is 9.00. The molecule has 0 radical (unpaired) electrons. The minimum atomic E-state index is 0.0611. The highest BCUT2D eigenvalue weighted by atomic mass is 32.1. The van der Waals surface area contributed by atoms with Crippen molar-refractivity contribution in [1.82, 2.24) is 9.88 Å². The second-order valence-corrected chi connectivity index (χ2v) is 7.18. The van der Waals surface area contributed by atoms with Crippen LogP contribution in [0.2, 0.25) is 0 Å². The molecule has 1 aliphatic rings. The summed E-state index contributed by atoms with van der Waals surface area (Å²) >= 11 is 1.42. The van der Waals surface area contributed by atoms with Crippen LogP contribution >= 0.6 is 11.3 Å². The minimum absolute atomic E-state index is 0.0611. The summed E-state index contributed by atoms with van der Waals surface area (Å²) in [7, 11) is 0. The number of nitrogens with zero attached hydrogens (tertiary/aromatic N) is 2. The topological polar surface area (TPSA) is 59.2 Å². The number of carbonyl (C=O) groups is 1. The van der Waals surface area contributed by atoms with E-state index in [9.17, 15) is 4.79 Å². The second-order valence-electron chi connectivity index (χ2n) is 6.19. The van der Waals surface area contributed by atoms with Gasteiger partial charge < -0.3 is 10.6 Å². The molecule has 1 aliphatic heterocycles. The molecule has 3 heterocycles. The van der Waals surface area contributed by atoms with Crippen molar-refractivity contribution in [2.75, 3.05) is 18.8 Å². The van der Waals surface area contributed by atoms with Crippen LogP contribution in [0.4, 0.5) is 5.69 Å². The Morgan fingerprint density at radius 2 is 2.04 bits per heavy atom. The third-order valence-corrected chi connectivity index (χ3v) is 5.69. The van der Waals surface area contributed by atoms with E-state index in [0.717, 1.165) is 52.6 Å². The van der Waals surface area contributed by atoms with E-state index in [0.29, 0.717) is 10.6 Å². The van der Waals surface area contributed by atoms with Crippen LogP contribution in [0.5, 0.6) is 0 Å². The molecule has 1 amide bonds. The zero-order valence-electron chi connectivity index (χ0n) is 13.1. The third kappa shape index (κ3) is 2.36. The van der Waals surface area contributed by atoms with E-state index < -0.39 is 0 Å². The maximum Gasteiger partial charge on any atom is 0.266 e. The van der Waals surface area contributed by atoms with Crippen LogP contribution in [0.1, 0.15) is 34.5 Å². The normalized spacial score (nSPS) is 15.4. The molecule has 3 aromatic rings. The minimum Gasteiger partial charge on any atom is -0.397 e. The number of para-hydroxylation sites is 1. The SMILES string of the molecule is Cc1cccc2cc3c(N)c(C(=O)N4CCCCC4)sc3nc12. The Morgan fingerprint density at radius 1 is 1.26 bits per heavy atom. The molecule has 118 valence electrons. The van der Waals surface area contributed by atoms with Gasteiger partial charge in [-0.1, -0.05) is 18.2 Å². The van der Waals surface area contributed by atoms with Gasteiger partial charge in [-0.05, 0) is 37.8 Å². The number of likely N-dealkylation sites (tertiary alicyclic amines) is 1. The van der Waals surface area contributed by atoms with E-state index in [-0.39, 0.29) is 5.91 Å². The maximum atomic E-state index is 12.8. The van der Waals surface area contributed by atoms with E-state index in [1.807, 2.05) is 17.0 Å². The number of pyridine rings is 1. The van der Waals surface area contributed by atoms with Crippen LogP contribution in [0.3, 0.4) is 0 Å². The van der Waals surface area contributed by atoms with Gasteiger partial charge in [0.25, 0.3) is 5.91 Å². The number of anilines is 1. The lowest BCUT2D eigenvalue weighted by Gasteiger charge is -2.26. The first-order chi connectivity index (χ1) is 11.1. The third-order valence-electron chi connectivity index (χ3n) is 4.58. The number of amides is 1. The maximum absolute atomic E-state index is 12.8. The van der Waals surface area contributed by atoms with E-state index in [1.165, 1.54) is 17.8 Å². The van der Waals surface area contributed by atoms with Gasteiger partial charge in [-0.2, -0.15) is 0 Å². The Bertz CT molecular complexity index is 909. The fraction of sp³-hybridized carbons (Fsp3) is 0.333. The van der Waals surface area contributed by atoms with Crippen molar-refractivity contribution in [2.45, 2.75) is 26.2 Å². The van der Waals surface area contributed by atoms with Crippen molar-refractivity contribution in [1.29, 1.82) is 0 Å². The number of hydrogen-bond donors (Lipinski definition) is 1. The van der Waals surface area contributed by atoms with Crippen molar-refractivity contribution in [3.8, 4) is 0 Å². The van der Waals surface area contributed by atoms with E-state index in [2.05, 4.69) is 19.1 Å². The molecule has 0 aliphatic carbocycles. The monoisotopic (exact) mass is 325 g/mol. The quantitative estimate of drug-likeness (QED) is 0.736. The summed E-state index contributed by atoms with van der Waals surface area (Å²) in [6.45, 7) is 3.72. The highest BCUT2D eigenvalue weighted by molar-refractivity contribution is 7.21. The van der Waals surface area contributed by atoms with Crippen LogP contribution in [-0.4, -0.2) is 28.9 Å². The van der Waals surface area contributed by atoms with Crippen molar-refractivity contribution in [2.24, 2.45) is 0 Å². The summed E-state index contributed by atoms with van der Waals surface area (Å²) in [4.78, 5) is 21.0. The average molecular weight is 325 g/mol. The lowest BCUT2D eigenvalue weighted by Crippen LogP contribution is -2.35. The number of hydrogen-bond acceptors (Lipinski definition) is 4. The molecule has 1 aromatic carbocycles. The lowest BCUT2D eigenvalue weighted by molar-refractivity contribution is 0.0730. The van der Waals surface area contributed by atoms with E-state index >= 15 is 0 Å². The Morgan fingerprint density at radius 3 is 2.83 bits per heavy atom. The van der Waals surface area contributed by atoms with Crippen LogP contribution < -0.4 is 5.73 Å². The van der Waals surface area contributed by atoms with Crippen LogP contribution in [-0.2, 0) is 0 Å². The van der Waals surface area contributed by atoms with Crippen molar-refractivity contribution in [3.63, 3.8) is 0 Å². The number of nitrogen functional groups attached to an aromatic ring is 1. The first-order valence-electron chi connectivity index (χ1n) is 8.03. The molecule has 0 unspecified atom stereocenters. The van der Waals surface area contributed by atoms with E-state index in [4.69, 9.17) is 10.7 Å². The molecule has 1 saturated heterocycles. The smallest absolute Gasteiger partial charge is 0.266 e. The molecule has 1 fully saturated rings. The number of aryl methyl sites for hydroxylation is 1. The summed E-state index contributed by atoms with van der Waals surface area (Å²) < 4.78 is 0. The number of nitrogens with two attached hydrogens (primary N) is 1. The summed E-state index contributed by atoms with van der Waals surface area (Å²) in [5.74, 6) is 0.0611. The number of rotatable bonds is 1. The van der Waals surface area contributed by atoms with Crippen molar-refractivity contribution < 1.29 is 4.79 Å². The van der Waals surface area contributed by atoms with Gasteiger partial charge in [-0.25, -0.2) is 4.98 Å². The molecular weight excluding hydrogens is 306 g/mol. The average Bonchev–Trinajstić information content (AvgIpc) is 2.90. The fourth-order valence-electron chi connectivity index (χ4n) is 3.27. The predicted molar refractivity (Wildman–Crippen MR) is 96.0 cm³/mol. The molecule has 0 spiro atoms. The van der Waals surface area contributed by atoms with Crippen LogP contribution in [0, 0.1) is 6.92 Å². The number of benzene rings is 1. The van der Waals surface area contributed by atoms with Gasteiger partial charge in [0.15, 0.2) is 0 Å². The molecule has 5 heteroatoms. The van der Waals surface area contributed by atoms with Gasteiger partial charge in [0.2, 0.25) is 0 Å². The van der Waals surface area contributed by atoms with Gasteiger partial charge in [0.05, 0.1) is 11.2 Å². The molecule has 0 atom stereocenters. The standard InChI is InChI=1S/C18H19N3OS/c1-11-6-5-7-12-10-13-14(19)16(23-17(13)20-15(11)12)18(22)21-8-3-2-4-9-21/h5-7,10H,2-4,8-9,19H2,1H3. The first-order valence-corrected chi connectivity index (χ1v) is 8.84. The van der Waals surface area contributed by atoms with E-state index in [1.54, 1.807) is 0 Å². The number of fused-ring (bicyclic) bond motifs is 2. The number of aromatic nitrogens is 1. The van der Waals surface area contributed by atoms with Crippen molar-refractivity contribution in [3.05, 3.63) is 34.7 Å². The molecule has 0 bridgehead atoms. The largest absolute Gasteiger partial charge is 0.397 e. The zero-order chi connectivity index (χ0) is 16.0. The van der Waals surface area contributed by atoms with Gasteiger partial charge in [-0.3, -0.25) is 4.79 Å². The van der Waals surface area contributed by atoms with Crippen LogP contribution in [0.15, 0.2) is 24.3 Å². The Labute approximate surface area is 138 Å². The van der Waals surface area contributed by atoms with Gasteiger partial charge >= 0.3 is 0 Å². The molecule has 2 N–H and O–H groups in total. The Balaban J connectivity index is 1.85. The summed E-state index contributed by atoms with van der Waals surface area (Å²) in [5, 5.41) is 1.97. The zero-order valence-corrected chi connectivity index (χ0v) is 13.9.